The van der Waals surface area contributed by atoms with Gasteiger partial charge in [-0.25, -0.2) is 9.78 Å². The first-order valence-corrected chi connectivity index (χ1v) is 8.58. The van der Waals surface area contributed by atoms with Gasteiger partial charge in [0.1, 0.15) is 6.54 Å². The van der Waals surface area contributed by atoms with Crippen LogP contribution in [0.4, 0.5) is 5.69 Å². The first-order valence-electron chi connectivity index (χ1n) is 8.20. The fraction of sp³-hybridized carbons (Fsp3) is 0.158. The molecular weight excluding hydrogens is 370 g/mol. The minimum Gasteiger partial charge on any atom is -0.462 e. The number of hydrogen-bond acceptors (Lipinski definition) is 5. The van der Waals surface area contributed by atoms with E-state index in [1.54, 1.807) is 43.3 Å². The smallest absolute Gasteiger partial charge is 0.340 e. The van der Waals surface area contributed by atoms with Gasteiger partial charge >= 0.3 is 5.97 Å². The van der Waals surface area contributed by atoms with Crippen molar-refractivity contribution in [1.29, 1.82) is 0 Å². The number of esters is 1. The average Bonchev–Trinajstić information content (AvgIpc) is 2.65. The summed E-state index contributed by atoms with van der Waals surface area (Å²) in [5.74, 6) is -1.01. The van der Waals surface area contributed by atoms with Crippen molar-refractivity contribution in [2.45, 2.75) is 13.5 Å². The van der Waals surface area contributed by atoms with Crippen LogP contribution in [0, 0.1) is 0 Å². The monoisotopic (exact) mass is 385 g/mol. The fourth-order valence-electron chi connectivity index (χ4n) is 2.57. The standard InChI is InChI=1S/C19H16ClN3O4/c1-2-27-19(26)13-5-3-4-6-16(13)22-17(24)10-23-11-21-15-8-7-12(20)9-14(15)18(23)25/h3-9,11H,2,10H2,1H3,(H,22,24). The summed E-state index contributed by atoms with van der Waals surface area (Å²) in [5, 5.41) is 3.36. The van der Waals surface area contributed by atoms with Crippen LogP contribution in [0.15, 0.2) is 53.6 Å². The van der Waals surface area contributed by atoms with Crippen molar-refractivity contribution in [1.82, 2.24) is 9.55 Å². The SMILES string of the molecule is CCOC(=O)c1ccccc1NC(=O)Cn1cnc2ccc(Cl)cc2c1=O. The van der Waals surface area contributed by atoms with E-state index >= 15 is 0 Å². The Morgan fingerprint density at radius 3 is 2.78 bits per heavy atom. The molecule has 0 radical (unpaired) electrons. The van der Waals surface area contributed by atoms with Crippen molar-refractivity contribution in [2.24, 2.45) is 0 Å². The van der Waals surface area contributed by atoms with Crippen LogP contribution in [0.2, 0.25) is 5.02 Å². The van der Waals surface area contributed by atoms with E-state index in [0.717, 1.165) is 0 Å². The molecule has 7 nitrogen and oxygen atoms in total. The molecule has 0 bridgehead atoms. The van der Waals surface area contributed by atoms with Crippen LogP contribution in [0.3, 0.4) is 0 Å². The summed E-state index contributed by atoms with van der Waals surface area (Å²) in [4.78, 5) is 41.1. The molecule has 0 fully saturated rings. The fourth-order valence-corrected chi connectivity index (χ4v) is 2.74. The highest BCUT2D eigenvalue weighted by Crippen LogP contribution is 2.17. The van der Waals surface area contributed by atoms with Gasteiger partial charge in [-0.1, -0.05) is 23.7 Å². The number of nitrogens with zero attached hydrogens (tertiary/aromatic N) is 2. The first-order chi connectivity index (χ1) is 13.0. The molecule has 2 aromatic carbocycles. The second-order valence-corrected chi connectivity index (χ2v) is 6.09. The maximum Gasteiger partial charge on any atom is 0.340 e. The van der Waals surface area contributed by atoms with Crippen molar-refractivity contribution in [3.63, 3.8) is 0 Å². The van der Waals surface area contributed by atoms with E-state index in [2.05, 4.69) is 10.3 Å². The lowest BCUT2D eigenvalue weighted by Gasteiger charge is -2.11. The number of rotatable bonds is 5. The van der Waals surface area contributed by atoms with Gasteiger partial charge in [-0.2, -0.15) is 0 Å². The van der Waals surface area contributed by atoms with Crippen molar-refractivity contribution in [3.8, 4) is 0 Å². The molecule has 0 unspecified atom stereocenters. The molecule has 0 aliphatic rings. The van der Waals surface area contributed by atoms with Crippen molar-refractivity contribution >= 4 is 40.1 Å². The highest BCUT2D eigenvalue weighted by Gasteiger charge is 2.15. The van der Waals surface area contributed by atoms with Gasteiger partial charge in [-0.3, -0.25) is 14.2 Å². The van der Waals surface area contributed by atoms with Gasteiger partial charge in [0.15, 0.2) is 0 Å². The molecule has 1 heterocycles. The molecule has 0 atom stereocenters. The summed E-state index contributed by atoms with van der Waals surface area (Å²) in [5.41, 5.74) is 0.666. The number of hydrogen-bond donors (Lipinski definition) is 1. The zero-order valence-electron chi connectivity index (χ0n) is 14.4. The molecule has 0 saturated heterocycles. The van der Waals surface area contributed by atoms with E-state index in [9.17, 15) is 14.4 Å². The molecule has 1 N–H and O–H groups in total. The number of para-hydroxylation sites is 1. The quantitative estimate of drug-likeness (QED) is 0.682. The van der Waals surface area contributed by atoms with Crippen LogP contribution in [-0.4, -0.2) is 28.0 Å². The Morgan fingerprint density at radius 1 is 1.22 bits per heavy atom. The molecular formula is C19H16ClN3O4. The summed E-state index contributed by atoms with van der Waals surface area (Å²) in [6, 6.07) is 11.3. The normalized spacial score (nSPS) is 10.6. The second-order valence-electron chi connectivity index (χ2n) is 5.65. The molecule has 3 aromatic rings. The van der Waals surface area contributed by atoms with Crippen LogP contribution < -0.4 is 10.9 Å². The summed E-state index contributed by atoms with van der Waals surface area (Å²) in [6.07, 6.45) is 1.30. The molecule has 8 heteroatoms. The lowest BCUT2D eigenvalue weighted by Crippen LogP contribution is -2.28. The van der Waals surface area contributed by atoms with Crippen molar-refractivity contribution in [2.75, 3.05) is 11.9 Å². The van der Waals surface area contributed by atoms with Crippen molar-refractivity contribution < 1.29 is 14.3 Å². The van der Waals surface area contributed by atoms with E-state index in [1.807, 2.05) is 0 Å². The third-order valence-electron chi connectivity index (χ3n) is 3.80. The van der Waals surface area contributed by atoms with E-state index in [4.69, 9.17) is 16.3 Å². The number of carbonyl (C=O) groups excluding carboxylic acids is 2. The maximum atomic E-state index is 12.5. The van der Waals surface area contributed by atoms with Crippen LogP contribution >= 0.6 is 11.6 Å². The lowest BCUT2D eigenvalue weighted by atomic mass is 10.2. The van der Waals surface area contributed by atoms with E-state index < -0.39 is 11.9 Å². The van der Waals surface area contributed by atoms with Gasteiger partial charge in [0.05, 0.1) is 35.1 Å². The minimum absolute atomic E-state index is 0.224. The highest BCUT2D eigenvalue weighted by molar-refractivity contribution is 6.31. The van der Waals surface area contributed by atoms with Crippen LogP contribution in [-0.2, 0) is 16.1 Å². The number of aromatic nitrogens is 2. The number of benzene rings is 2. The molecule has 138 valence electrons. The molecule has 1 aromatic heterocycles. The van der Waals surface area contributed by atoms with E-state index in [1.165, 1.54) is 17.0 Å². The third kappa shape index (κ3) is 4.15. The lowest BCUT2D eigenvalue weighted by molar-refractivity contribution is -0.116. The number of carbonyl (C=O) groups is 2. The topological polar surface area (TPSA) is 90.3 Å². The Kier molecular flexibility index (Phi) is 5.52. The zero-order chi connectivity index (χ0) is 19.4. The number of nitrogens with one attached hydrogen (secondary N) is 1. The predicted molar refractivity (Wildman–Crippen MR) is 102 cm³/mol. The number of amides is 1. The summed E-state index contributed by atoms with van der Waals surface area (Å²) in [7, 11) is 0. The first kappa shape index (κ1) is 18.6. The Balaban J connectivity index is 1.83. The highest BCUT2D eigenvalue weighted by atomic mass is 35.5. The van der Waals surface area contributed by atoms with Gasteiger partial charge in [0.2, 0.25) is 5.91 Å². The van der Waals surface area contributed by atoms with Crippen LogP contribution in [0.5, 0.6) is 0 Å². The molecule has 0 aliphatic carbocycles. The minimum atomic E-state index is -0.535. The third-order valence-corrected chi connectivity index (χ3v) is 4.03. The molecule has 0 aliphatic heterocycles. The summed E-state index contributed by atoms with van der Waals surface area (Å²) < 4.78 is 6.16. The number of fused-ring (bicyclic) bond motifs is 1. The van der Waals surface area contributed by atoms with Gasteiger partial charge in [-0.05, 0) is 37.3 Å². The van der Waals surface area contributed by atoms with Gasteiger partial charge in [0.25, 0.3) is 5.56 Å². The Labute approximate surface area is 159 Å². The van der Waals surface area contributed by atoms with Gasteiger partial charge in [0, 0.05) is 5.02 Å². The molecule has 0 saturated carbocycles. The molecule has 0 spiro atoms. The number of anilines is 1. The molecule has 1 amide bonds. The second kappa shape index (κ2) is 8.01. The Morgan fingerprint density at radius 2 is 2.00 bits per heavy atom. The molecule has 27 heavy (non-hydrogen) atoms. The van der Waals surface area contributed by atoms with E-state index in [-0.39, 0.29) is 24.3 Å². The number of halogens is 1. The predicted octanol–water partition coefficient (Wildman–Crippen LogP) is 2.87. The van der Waals surface area contributed by atoms with Gasteiger partial charge < -0.3 is 10.1 Å². The Bertz CT molecular complexity index is 1080. The largest absolute Gasteiger partial charge is 0.462 e. The number of ether oxygens (including phenoxy) is 1. The zero-order valence-corrected chi connectivity index (χ0v) is 15.2. The summed E-state index contributed by atoms with van der Waals surface area (Å²) in [6.45, 7) is 1.66. The maximum absolute atomic E-state index is 12.5. The van der Waals surface area contributed by atoms with Crippen molar-refractivity contribution in [3.05, 3.63) is 69.7 Å². The molecule has 3 rings (SSSR count). The van der Waals surface area contributed by atoms with Gasteiger partial charge in [-0.15, -0.1) is 0 Å². The summed E-state index contributed by atoms with van der Waals surface area (Å²) >= 11 is 5.93. The average molecular weight is 386 g/mol. The Hall–Kier alpha value is -3.19. The van der Waals surface area contributed by atoms with Crippen LogP contribution in [0.25, 0.3) is 10.9 Å². The van der Waals surface area contributed by atoms with Crippen LogP contribution in [0.1, 0.15) is 17.3 Å². The van der Waals surface area contributed by atoms with E-state index in [0.29, 0.717) is 21.6 Å².